The van der Waals surface area contributed by atoms with Gasteiger partial charge < -0.3 is 25.2 Å². The molecule has 1 aromatic carbocycles. The summed E-state index contributed by atoms with van der Waals surface area (Å²) in [6, 6.07) is 7.47. The van der Waals surface area contributed by atoms with Crippen molar-refractivity contribution in [2.24, 2.45) is 5.73 Å². The van der Waals surface area contributed by atoms with Crippen LogP contribution in [0.15, 0.2) is 30.5 Å². The van der Waals surface area contributed by atoms with Crippen LogP contribution in [0, 0.1) is 0 Å². The van der Waals surface area contributed by atoms with Gasteiger partial charge in [0.2, 0.25) is 0 Å². The Kier molecular flexibility index (Phi) is 6.49. The van der Waals surface area contributed by atoms with E-state index in [1.54, 1.807) is 13.3 Å². The third-order valence-electron chi connectivity index (χ3n) is 5.36. The summed E-state index contributed by atoms with van der Waals surface area (Å²) in [6.07, 6.45) is 2.86. The number of piperidine rings is 1. The van der Waals surface area contributed by atoms with Crippen LogP contribution in [0.2, 0.25) is 0 Å². The quantitative estimate of drug-likeness (QED) is 0.702. The molecule has 3 N–H and O–H groups in total. The molecule has 2 aromatic rings. The first kappa shape index (κ1) is 20.5. The van der Waals surface area contributed by atoms with Crippen LogP contribution in [0.3, 0.4) is 0 Å². The Bertz CT molecular complexity index is 818. The average molecular weight is 387 g/mol. The zero-order chi connectivity index (χ0) is 20.1. The van der Waals surface area contributed by atoms with Crippen molar-refractivity contribution in [1.29, 1.82) is 0 Å². The SMILES string of the molecule is CCCOC(=O)C1(N)CCN(C[C@H](O)c2ccnc3ccc(OC)cc23)CC1. The Labute approximate surface area is 165 Å². The smallest absolute Gasteiger partial charge is 0.326 e. The second kappa shape index (κ2) is 8.86. The van der Waals surface area contributed by atoms with Crippen LogP contribution in [-0.2, 0) is 9.53 Å². The molecule has 3 rings (SSSR count). The normalized spacial score (nSPS) is 18.0. The maximum atomic E-state index is 12.2. The maximum Gasteiger partial charge on any atom is 0.326 e. The number of rotatable bonds is 7. The number of hydrogen-bond acceptors (Lipinski definition) is 7. The van der Waals surface area contributed by atoms with Crippen LogP contribution < -0.4 is 10.5 Å². The number of pyridine rings is 1. The lowest BCUT2D eigenvalue weighted by Crippen LogP contribution is -2.56. The average Bonchev–Trinajstić information content (AvgIpc) is 2.72. The molecule has 0 bridgehead atoms. The van der Waals surface area contributed by atoms with Crippen LogP contribution in [-0.4, -0.2) is 59.8 Å². The lowest BCUT2D eigenvalue weighted by Gasteiger charge is -2.38. The number of likely N-dealkylation sites (tertiary alicyclic amines) is 1. The number of carbonyl (C=O) groups excluding carboxylic acids is 1. The predicted molar refractivity (Wildman–Crippen MR) is 107 cm³/mol. The number of ether oxygens (including phenoxy) is 2. The van der Waals surface area contributed by atoms with E-state index >= 15 is 0 Å². The molecule has 0 spiro atoms. The van der Waals surface area contributed by atoms with Gasteiger partial charge in [-0.05, 0) is 49.1 Å². The van der Waals surface area contributed by atoms with Gasteiger partial charge in [-0.25, -0.2) is 0 Å². The van der Waals surface area contributed by atoms with Gasteiger partial charge in [0.25, 0.3) is 0 Å². The minimum absolute atomic E-state index is 0.318. The number of fused-ring (bicyclic) bond motifs is 1. The van der Waals surface area contributed by atoms with E-state index in [2.05, 4.69) is 9.88 Å². The molecule has 0 aliphatic carbocycles. The number of aliphatic hydroxyl groups is 1. The number of nitrogens with zero attached hydrogens (tertiary/aromatic N) is 2. The fourth-order valence-corrected chi connectivity index (χ4v) is 3.58. The minimum Gasteiger partial charge on any atom is -0.497 e. The van der Waals surface area contributed by atoms with Crippen LogP contribution in [0.25, 0.3) is 10.9 Å². The Morgan fingerprint density at radius 1 is 1.36 bits per heavy atom. The zero-order valence-corrected chi connectivity index (χ0v) is 16.6. The van der Waals surface area contributed by atoms with Crippen molar-refractivity contribution >= 4 is 16.9 Å². The van der Waals surface area contributed by atoms with Gasteiger partial charge in [-0.1, -0.05) is 6.92 Å². The van der Waals surface area contributed by atoms with Gasteiger partial charge in [0.15, 0.2) is 0 Å². The summed E-state index contributed by atoms with van der Waals surface area (Å²) in [7, 11) is 1.62. The van der Waals surface area contributed by atoms with Gasteiger partial charge in [-0.15, -0.1) is 0 Å². The van der Waals surface area contributed by atoms with Gasteiger partial charge in [0.05, 0.1) is 25.3 Å². The molecule has 1 aromatic heterocycles. The van der Waals surface area contributed by atoms with Crippen LogP contribution in [0.4, 0.5) is 0 Å². The molecule has 2 heterocycles. The second-order valence-electron chi connectivity index (χ2n) is 7.39. The van der Waals surface area contributed by atoms with Crippen molar-refractivity contribution in [3.8, 4) is 5.75 Å². The van der Waals surface area contributed by atoms with Gasteiger partial charge in [0.1, 0.15) is 11.3 Å². The highest BCUT2D eigenvalue weighted by Crippen LogP contribution is 2.28. The van der Waals surface area contributed by atoms with Gasteiger partial charge in [-0.3, -0.25) is 9.78 Å². The number of aliphatic hydroxyl groups excluding tert-OH is 1. The summed E-state index contributed by atoms with van der Waals surface area (Å²) in [5.41, 5.74) is 6.98. The third kappa shape index (κ3) is 4.43. The Hall–Kier alpha value is -2.22. The van der Waals surface area contributed by atoms with Crippen molar-refractivity contribution in [2.45, 2.75) is 37.8 Å². The van der Waals surface area contributed by atoms with Crippen molar-refractivity contribution in [2.75, 3.05) is 33.4 Å². The summed E-state index contributed by atoms with van der Waals surface area (Å²) < 4.78 is 10.5. The summed E-state index contributed by atoms with van der Waals surface area (Å²) in [6.45, 7) is 4.11. The Morgan fingerprint density at radius 3 is 2.79 bits per heavy atom. The number of methoxy groups -OCH3 is 1. The van der Waals surface area contributed by atoms with Gasteiger partial charge >= 0.3 is 5.97 Å². The molecular weight excluding hydrogens is 358 g/mol. The summed E-state index contributed by atoms with van der Waals surface area (Å²) >= 11 is 0. The van der Waals surface area contributed by atoms with Crippen LogP contribution in [0.5, 0.6) is 5.75 Å². The molecule has 152 valence electrons. The van der Waals surface area contributed by atoms with Crippen molar-refractivity contribution in [3.05, 3.63) is 36.0 Å². The van der Waals surface area contributed by atoms with E-state index in [-0.39, 0.29) is 5.97 Å². The molecule has 1 fully saturated rings. The molecular formula is C21H29N3O4. The molecule has 1 aliphatic heterocycles. The molecule has 1 atom stereocenters. The predicted octanol–water partition coefficient (Wildman–Crippen LogP) is 2.02. The third-order valence-corrected chi connectivity index (χ3v) is 5.36. The minimum atomic E-state index is -0.923. The Balaban J connectivity index is 1.66. The molecule has 0 saturated carbocycles. The molecule has 0 unspecified atom stereocenters. The van der Waals surface area contributed by atoms with E-state index < -0.39 is 11.6 Å². The first-order valence-electron chi connectivity index (χ1n) is 9.76. The van der Waals surface area contributed by atoms with Crippen LogP contribution in [0.1, 0.15) is 37.9 Å². The van der Waals surface area contributed by atoms with Gasteiger partial charge in [-0.2, -0.15) is 0 Å². The van der Waals surface area contributed by atoms with E-state index in [1.165, 1.54) is 0 Å². The highest BCUT2D eigenvalue weighted by molar-refractivity contribution is 5.84. The van der Waals surface area contributed by atoms with E-state index in [4.69, 9.17) is 15.2 Å². The fraction of sp³-hybridized carbons (Fsp3) is 0.524. The standard InChI is InChI=1S/C21H29N3O4/c1-3-12-28-20(26)21(22)7-10-24(11-8-21)14-19(25)16-6-9-23-18-5-4-15(27-2)13-17(16)18/h4-6,9,13,19,25H,3,7-8,10-12,14,22H2,1-2H3/t19-/m0/s1. The zero-order valence-electron chi connectivity index (χ0n) is 16.6. The van der Waals surface area contributed by atoms with Gasteiger partial charge in [0, 0.05) is 31.2 Å². The topological polar surface area (TPSA) is 97.9 Å². The number of nitrogens with two attached hydrogens (primary N) is 1. The highest BCUT2D eigenvalue weighted by atomic mass is 16.5. The molecule has 1 saturated heterocycles. The molecule has 0 amide bonds. The van der Waals surface area contributed by atoms with Crippen LogP contribution >= 0.6 is 0 Å². The number of benzene rings is 1. The number of aromatic nitrogens is 1. The van der Waals surface area contributed by atoms with Crippen molar-refractivity contribution < 1.29 is 19.4 Å². The first-order valence-corrected chi connectivity index (χ1v) is 9.76. The monoisotopic (exact) mass is 387 g/mol. The van der Waals surface area contributed by atoms with E-state index in [0.29, 0.717) is 39.1 Å². The number of hydrogen-bond donors (Lipinski definition) is 2. The first-order chi connectivity index (χ1) is 13.5. The molecule has 28 heavy (non-hydrogen) atoms. The van der Waals surface area contributed by atoms with Crippen molar-refractivity contribution in [3.63, 3.8) is 0 Å². The fourth-order valence-electron chi connectivity index (χ4n) is 3.58. The van der Waals surface area contributed by atoms with E-state index in [1.807, 2.05) is 31.2 Å². The number of β-amino-alcohol motifs (C(OH)–C–C–N with tert-alkyl or cyclic N) is 1. The molecule has 0 radical (unpaired) electrons. The van der Waals surface area contributed by atoms with Crippen molar-refractivity contribution in [1.82, 2.24) is 9.88 Å². The summed E-state index contributed by atoms with van der Waals surface area (Å²) in [5, 5.41) is 11.7. The molecule has 1 aliphatic rings. The number of carbonyl (C=O) groups is 1. The lowest BCUT2D eigenvalue weighted by molar-refractivity contribution is -0.152. The Morgan fingerprint density at radius 2 is 2.11 bits per heavy atom. The maximum absolute atomic E-state index is 12.2. The second-order valence-corrected chi connectivity index (χ2v) is 7.39. The van der Waals surface area contributed by atoms with E-state index in [9.17, 15) is 9.90 Å². The summed E-state index contributed by atoms with van der Waals surface area (Å²) in [5.74, 6) is 0.409. The largest absolute Gasteiger partial charge is 0.497 e. The number of esters is 1. The van der Waals surface area contributed by atoms with E-state index in [0.717, 1.165) is 28.6 Å². The molecule has 7 nitrogen and oxygen atoms in total. The lowest BCUT2D eigenvalue weighted by atomic mass is 9.88. The summed E-state index contributed by atoms with van der Waals surface area (Å²) in [4.78, 5) is 18.7. The highest BCUT2D eigenvalue weighted by Gasteiger charge is 2.39. The molecule has 7 heteroatoms.